The lowest BCUT2D eigenvalue weighted by Gasteiger charge is -2.25. The Morgan fingerprint density at radius 2 is 1.58 bits per heavy atom. The fourth-order valence-electron chi connectivity index (χ4n) is 3.93. The maximum atomic E-state index is 13.4. The lowest BCUT2D eigenvalue weighted by Crippen LogP contribution is -2.29. The molecule has 31 heavy (non-hydrogen) atoms. The van der Waals surface area contributed by atoms with Gasteiger partial charge in [-0.25, -0.2) is 4.39 Å². The van der Waals surface area contributed by atoms with Crippen molar-refractivity contribution in [2.75, 3.05) is 0 Å². The molecule has 154 valence electrons. The van der Waals surface area contributed by atoms with Crippen LogP contribution in [0.3, 0.4) is 0 Å². The molecule has 0 saturated heterocycles. The number of hydrogen-bond acceptors (Lipinski definition) is 3. The number of rotatable bonds is 3. The summed E-state index contributed by atoms with van der Waals surface area (Å²) in [4.78, 5) is 28.3. The number of nitrogens with zero attached hydrogens (tertiary/aromatic N) is 1. The fourth-order valence-corrected chi connectivity index (χ4v) is 4.23. The molecule has 3 aromatic carbocycles. The van der Waals surface area contributed by atoms with Gasteiger partial charge in [0.2, 0.25) is 5.76 Å². The molecular formula is C24H14Cl2FNO3. The summed E-state index contributed by atoms with van der Waals surface area (Å²) >= 11 is 12.1. The third-order valence-corrected chi connectivity index (χ3v) is 5.87. The second kappa shape index (κ2) is 7.52. The van der Waals surface area contributed by atoms with Crippen LogP contribution in [0.25, 0.3) is 11.0 Å². The Morgan fingerprint density at radius 3 is 2.29 bits per heavy atom. The number of benzene rings is 3. The Kier molecular flexibility index (Phi) is 4.80. The van der Waals surface area contributed by atoms with Crippen LogP contribution in [0.5, 0.6) is 0 Å². The standard InChI is InChI=1S/C24H14Cl2FNO3/c25-15-5-3-14(4-6-15)21-20-22(29)18-11-16(26)7-10-19(18)31-23(20)24(30)28(21)12-13-1-8-17(27)9-2-13/h1-11,21H,12H2. The summed E-state index contributed by atoms with van der Waals surface area (Å²) in [5.41, 5.74) is 1.67. The van der Waals surface area contributed by atoms with E-state index >= 15 is 0 Å². The second-order valence-corrected chi connectivity index (χ2v) is 8.20. The lowest BCUT2D eigenvalue weighted by atomic mass is 9.98. The summed E-state index contributed by atoms with van der Waals surface area (Å²) in [6, 6.07) is 16.9. The molecule has 0 radical (unpaired) electrons. The van der Waals surface area contributed by atoms with Crippen LogP contribution in [0, 0.1) is 5.82 Å². The predicted octanol–water partition coefficient (Wildman–Crippen LogP) is 5.98. The van der Waals surface area contributed by atoms with Crippen molar-refractivity contribution < 1.29 is 13.6 Å². The molecule has 0 spiro atoms. The number of fused-ring (bicyclic) bond motifs is 2. The zero-order valence-corrected chi connectivity index (χ0v) is 17.5. The van der Waals surface area contributed by atoms with Crippen LogP contribution in [0.4, 0.5) is 4.39 Å². The number of carbonyl (C=O) groups is 1. The van der Waals surface area contributed by atoms with E-state index in [1.165, 1.54) is 18.2 Å². The molecule has 0 aliphatic carbocycles. The summed E-state index contributed by atoms with van der Waals surface area (Å²) < 4.78 is 19.2. The van der Waals surface area contributed by atoms with Gasteiger partial charge in [0.25, 0.3) is 5.91 Å². The van der Waals surface area contributed by atoms with E-state index in [9.17, 15) is 14.0 Å². The van der Waals surface area contributed by atoms with Crippen molar-refractivity contribution in [3.8, 4) is 0 Å². The lowest BCUT2D eigenvalue weighted by molar-refractivity contribution is 0.0714. The van der Waals surface area contributed by atoms with Gasteiger partial charge in [-0.1, -0.05) is 47.5 Å². The van der Waals surface area contributed by atoms with Crippen LogP contribution in [-0.2, 0) is 6.54 Å². The van der Waals surface area contributed by atoms with Gasteiger partial charge in [-0.15, -0.1) is 0 Å². The van der Waals surface area contributed by atoms with Gasteiger partial charge < -0.3 is 9.32 Å². The van der Waals surface area contributed by atoms with Gasteiger partial charge in [0.05, 0.1) is 17.0 Å². The molecule has 2 heterocycles. The molecule has 1 amide bonds. The predicted molar refractivity (Wildman–Crippen MR) is 117 cm³/mol. The van der Waals surface area contributed by atoms with Gasteiger partial charge in [-0.05, 0) is 53.6 Å². The van der Waals surface area contributed by atoms with Crippen LogP contribution in [0.1, 0.15) is 33.3 Å². The van der Waals surface area contributed by atoms with E-state index in [4.69, 9.17) is 27.6 Å². The van der Waals surface area contributed by atoms with Gasteiger partial charge in [0.15, 0.2) is 5.43 Å². The first-order chi connectivity index (χ1) is 14.9. The molecule has 1 aliphatic rings. The number of halogens is 3. The summed E-state index contributed by atoms with van der Waals surface area (Å²) in [6.45, 7) is 0.174. The Hall–Kier alpha value is -3.15. The molecule has 0 saturated carbocycles. The first kappa shape index (κ1) is 19.8. The molecule has 4 nitrogen and oxygen atoms in total. The van der Waals surface area contributed by atoms with E-state index in [1.807, 2.05) is 0 Å². The Balaban J connectivity index is 1.72. The zero-order valence-electron chi connectivity index (χ0n) is 15.9. The number of carbonyl (C=O) groups excluding carboxylic acids is 1. The van der Waals surface area contributed by atoms with Crippen molar-refractivity contribution in [2.24, 2.45) is 0 Å². The van der Waals surface area contributed by atoms with E-state index in [2.05, 4.69) is 0 Å². The molecule has 1 aromatic heterocycles. The normalized spacial score (nSPS) is 15.5. The van der Waals surface area contributed by atoms with E-state index < -0.39 is 11.9 Å². The van der Waals surface area contributed by atoms with Crippen molar-refractivity contribution in [1.82, 2.24) is 4.90 Å². The van der Waals surface area contributed by atoms with Gasteiger partial charge in [-0.3, -0.25) is 9.59 Å². The fraction of sp³-hybridized carbons (Fsp3) is 0.0833. The van der Waals surface area contributed by atoms with Crippen LogP contribution >= 0.6 is 23.2 Å². The van der Waals surface area contributed by atoms with Crippen LogP contribution in [-0.4, -0.2) is 10.8 Å². The first-order valence-electron chi connectivity index (χ1n) is 9.49. The first-order valence-corrected chi connectivity index (χ1v) is 10.2. The minimum absolute atomic E-state index is 0.00174. The zero-order chi connectivity index (χ0) is 21.7. The summed E-state index contributed by atoms with van der Waals surface area (Å²) in [5.74, 6) is -0.774. The molecule has 4 aromatic rings. The van der Waals surface area contributed by atoms with Crippen LogP contribution < -0.4 is 5.43 Å². The van der Waals surface area contributed by atoms with Crippen molar-refractivity contribution in [3.63, 3.8) is 0 Å². The van der Waals surface area contributed by atoms with E-state index in [0.717, 1.165) is 5.56 Å². The average Bonchev–Trinajstić information content (AvgIpc) is 3.03. The molecule has 5 rings (SSSR count). The quantitative estimate of drug-likeness (QED) is 0.383. The minimum Gasteiger partial charge on any atom is -0.450 e. The Bertz CT molecular complexity index is 1380. The smallest absolute Gasteiger partial charge is 0.291 e. The minimum atomic E-state index is -0.676. The molecule has 0 bridgehead atoms. The maximum Gasteiger partial charge on any atom is 0.291 e. The molecule has 1 aliphatic heterocycles. The Labute approximate surface area is 186 Å². The van der Waals surface area contributed by atoms with E-state index in [0.29, 0.717) is 26.6 Å². The van der Waals surface area contributed by atoms with Crippen molar-refractivity contribution in [3.05, 3.63) is 115 Å². The summed E-state index contributed by atoms with van der Waals surface area (Å²) in [5, 5.41) is 1.24. The van der Waals surface area contributed by atoms with Crippen LogP contribution in [0.2, 0.25) is 10.0 Å². The SMILES string of the molecule is O=C1c2oc3ccc(Cl)cc3c(=O)c2C(c2ccc(Cl)cc2)N1Cc1ccc(F)cc1. The van der Waals surface area contributed by atoms with Gasteiger partial charge in [0.1, 0.15) is 11.4 Å². The highest BCUT2D eigenvalue weighted by molar-refractivity contribution is 6.31. The monoisotopic (exact) mass is 453 g/mol. The highest BCUT2D eigenvalue weighted by Gasteiger charge is 2.42. The molecule has 7 heteroatoms. The van der Waals surface area contributed by atoms with Crippen molar-refractivity contribution in [1.29, 1.82) is 0 Å². The number of hydrogen-bond donors (Lipinski definition) is 0. The topological polar surface area (TPSA) is 50.5 Å². The highest BCUT2D eigenvalue weighted by atomic mass is 35.5. The highest BCUT2D eigenvalue weighted by Crippen LogP contribution is 2.39. The van der Waals surface area contributed by atoms with Gasteiger partial charge in [-0.2, -0.15) is 0 Å². The molecular weight excluding hydrogens is 440 g/mol. The van der Waals surface area contributed by atoms with Gasteiger partial charge >= 0.3 is 0 Å². The van der Waals surface area contributed by atoms with E-state index in [-0.39, 0.29) is 29.1 Å². The average molecular weight is 454 g/mol. The van der Waals surface area contributed by atoms with E-state index in [1.54, 1.807) is 53.4 Å². The third kappa shape index (κ3) is 3.40. The van der Waals surface area contributed by atoms with Crippen molar-refractivity contribution in [2.45, 2.75) is 12.6 Å². The van der Waals surface area contributed by atoms with Crippen molar-refractivity contribution >= 4 is 40.1 Å². The molecule has 0 N–H and O–H groups in total. The maximum absolute atomic E-state index is 13.4. The molecule has 0 fully saturated rings. The van der Waals surface area contributed by atoms with Crippen LogP contribution in [0.15, 0.2) is 75.9 Å². The summed E-state index contributed by atoms with van der Waals surface area (Å²) in [6.07, 6.45) is 0. The summed E-state index contributed by atoms with van der Waals surface area (Å²) in [7, 11) is 0. The number of amides is 1. The Morgan fingerprint density at radius 1 is 0.903 bits per heavy atom. The largest absolute Gasteiger partial charge is 0.450 e. The molecule has 1 unspecified atom stereocenters. The molecule has 1 atom stereocenters. The second-order valence-electron chi connectivity index (χ2n) is 7.33. The third-order valence-electron chi connectivity index (χ3n) is 5.38. The van der Waals surface area contributed by atoms with Gasteiger partial charge in [0, 0.05) is 16.6 Å².